The predicted octanol–water partition coefficient (Wildman–Crippen LogP) is 4.13. The maximum atomic E-state index is 13.8. The fraction of sp³-hybridized carbons (Fsp3) is 0.429. The van der Waals surface area contributed by atoms with Crippen molar-refractivity contribution in [2.24, 2.45) is 5.73 Å². The summed E-state index contributed by atoms with van der Waals surface area (Å²) in [4.78, 5) is 0. The molecule has 2 N–H and O–H groups in total. The van der Waals surface area contributed by atoms with E-state index in [4.69, 9.17) is 5.73 Å². The second-order valence-electron chi connectivity index (χ2n) is 5.28. The van der Waals surface area contributed by atoms with Crippen LogP contribution in [-0.2, 0) is 6.18 Å². The maximum absolute atomic E-state index is 13.8. The van der Waals surface area contributed by atoms with Gasteiger partial charge in [0.05, 0.1) is 5.56 Å². The molecule has 1 nitrogen and oxygen atoms in total. The van der Waals surface area contributed by atoms with Gasteiger partial charge in [-0.3, -0.25) is 0 Å². The molecule has 1 aromatic rings. The summed E-state index contributed by atoms with van der Waals surface area (Å²) in [5, 5.41) is 0. The van der Waals surface area contributed by atoms with E-state index in [1.807, 2.05) is 13.0 Å². The molecular weight excluding hydrogens is 258 g/mol. The van der Waals surface area contributed by atoms with Crippen LogP contribution in [0.25, 0.3) is 5.57 Å². The van der Waals surface area contributed by atoms with Gasteiger partial charge >= 0.3 is 6.18 Å². The highest BCUT2D eigenvalue weighted by Gasteiger charge is 2.31. The van der Waals surface area contributed by atoms with Crippen LogP contribution >= 0.6 is 0 Å². The van der Waals surface area contributed by atoms with E-state index in [2.05, 4.69) is 0 Å². The second-order valence-corrected chi connectivity index (χ2v) is 5.28. The van der Waals surface area contributed by atoms with E-state index in [1.165, 1.54) is 6.07 Å². The number of nitrogens with two attached hydrogens (primary N) is 1. The number of benzene rings is 1. The molecule has 0 radical (unpaired) electrons. The molecule has 0 saturated heterocycles. The summed E-state index contributed by atoms with van der Waals surface area (Å²) in [6, 6.07) is 2.66. The molecular formula is C14H15F4N. The lowest BCUT2D eigenvalue weighted by atomic mass is 9.82. The van der Waals surface area contributed by atoms with Gasteiger partial charge in [0.2, 0.25) is 0 Å². The molecule has 1 aromatic carbocycles. The smallest absolute Gasteiger partial charge is 0.325 e. The fourth-order valence-electron chi connectivity index (χ4n) is 2.18. The first-order valence-corrected chi connectivity index (χ1v) is 6.04. The van der Waals surface area contributed by atoms with Gasteiger partial charge in [-0.05, 0) is 43.9 Å². The highest BCUT2D eigenvalue weighted by Crippen LogP contribution is 2.35. The van der Waals surface area contributed by atoms with Gasteiger partial charge in [-0.15, -0.1) is 0 Å². The van der Waals surface area contributed by atoms with Crippen molar-refractivity contribution in [1.82, 2.24) is 0 Å². The Hall–Kier alpha value is -1.36. The minimum Gasteiger partial charge on any atom is -0.325 e. The molecule has 19 heavy (non-hydrogen) atoms. The first-order chi connectivity index (χ1) is 8.69. The zero-order valence-electron chi connectivity index (χ0n) is 10.5. The van der Waals surface area contributed by atoms with Gasteiger partial charge in [0.15, 0.2) is 0 Å². The molecule has 1 unspecified atom stereocenters. The van der Waals surface area contributed by atoms with Gasteiger partial charge in [0, 0.05) is 11.1 Å². The minimum absolute atomic E-state index is 0.239. The fourth-order valence-corrected chi connectivity index (χ4v) is 2.18. The van der Waals surface area contributed by atoms with Crippen LogP contribution in [0.15, 0.2) is 24.3 Å². The first kappa shape index (κ1) is 14.1. The Kier molecular flexibility index (Phi) is 3.43. The van der Waals surface area contributed by atoms with Crippen LogP contribution < -0.4 is 5.73 Å². The molecule has 1 atom stereocenters. The van der Waals surface area contributed by atoms with E-state index >= 15 is 0 Å². The van der Waals surface area contributed by atoms with Crippen LogP contribution in [-0.4, -0.2) is 5.54 Å². The number of halogens is 4. The first-order valence-electron chi connectivity index (χ1n) is 6.04. The zero-order valence-corrected chi connectivity index (χ0v) is 10.5. The lowest BCUT2D eigenvalue weighted by molar-refractivity contribution is -0.137. The van der Waals surface area contributed by atoms with E-state index in [0.717, 1.165) is 11.6 Å². The number of hydrogen-bond acceptors (Lipinski definition) is 1. The van der Waals surface area contributed by atoms with E-state index in [1.54, 1.807) is 0 Å². The minimum atomic E-state index is -4.52. The van der Waals surface area contributed by atoms with Crippen molar-refractivity contribution < 1.29 is 17.6 Å². The van der Waals surface area contributed by atoms with Crippen LogP contribution in [0.5, 0.6) is 0 Å². The summed E-state index contributed by atoms with van der Waals surface area (Å²) in [6.07, 6.45) is -0.831. The van der Waals surface area contributed by atoms with Crippen LogP contribution in [0.4, 0.5) is 17.6 Å². The molecule has 0 saturated carbocycles. The summed E-state index contributed by atoms with van der Waals surface area (Å²) in [5.74, 6) is -0.832. The number of rotatable bonds is 1. The Morgan fingerprint density at radius 3 is 2.42 bits per heavy atom. The highest BCUT2D eigenvalue weighted by atomic mass is 19.4. The van der Waals surface area contributed by atoms with Crippen LogP contribution in [0, 0.1) is 5.82 Å². The molecule has 0 spiro atoms. The van der Waals surface area contributed by atoms with Crippen molar-refractivity contribution in [2.75, 3.05) is 0 Å². The SMILES string of the molecule is CC1(N)CC=C(c2ccc(C(F)(F)F)cc2F)CC1. The molecule has 0 aliphatic heterocycles. The van der Waals surface area contributed by atoms with Crippen molar-refractivity contribution in [2.45, 2.75) is 37.9 Å². The molecule has 104 valence electrons. The van der Waals surface area contributed by atoms with Gasteiger partial charge in [0.25, 0.3) is 0 Å². The molecule has 2 rings (SSSR count). The molecule has 0 amide bonds. The largest absolute Gasteiger partial charge is 0.416 e. The average Bonchev–Trinajstić information content (AvgIpc) is 2.28. The highest BCUT2D eigenvalue weighted by molar-refractivity contribution is 5.67. The Bertz CT molecular complexity index is 515. The molecule has 1 aliphatic rings. The Morgan fingerprint density at radius 2 is 1.95 bits per heavy atom. The molecule has 1 aliphatic carbocycles. The van der Waals surface area contributed by atoms with Crippen molar-refractivity contribution in [3.05, 3.63) is 41.2 Å². The van der Waals surface area contributed by atoms with Crippen molar-refractivity contribution in [1.29, 1.82) is 0 Å². The monoisotopic (exact) mass is 273 g/mol. The molecule has 0 heterocycles. The average molecular weight is 273 g/mol. The summed E-state index contributed by atoms with van der Waals surface area (Å²) in [7, 11) is 0. The number of alkyl halides is 3. The Morgan fingerprint density at radius 1 is 1.26 bits per heavy atom. The summed E-state index contributed by atoms with van der Waals surface area (Å²) >= 11 is 0. The second kappa shape index (κ2) is 4.63. The van der Waals surface area contributed by atoms with Crippen LogP contribution in [0.2, 0.25) is 0 Å². The van der Waals surface area contributed by atoms with Crippen molar-refractivity contribution >= 4 is 5.57 Å². The quantitative estimate of drug-likeness (QED) is 0.765. The zero-order chi connectivity index (χ0) is 14.3. The van der Waals surface area contributed by atoms with Gasteiger partial charge in [-0.25, -0.2) is 4.39 Å². The summed E-state index contributed by atoms with van der Waals surface area (Å²) < 4.78 is 51.1. The van der Waals surface area contributed by atoms with Crippen LogP contribution in [0.1, 0.15) is 37.3 Å². The molecule has 0 fully saturated rings. The van der Waals surface area contributed by atoms with Crippen molar-refractivity contribution in [3.8, 4) is 0 Å². The Labute approximate surface area is 109 Å². The van der Waals surface area contributed by atoms with Gasteiger partial charge in [0.1, 0.15) is 5.82 Å². The van der Waals surface area contributed by atoms with E-state index in [-0.39, 0.29) is 11.1 Å². The Balaban J connectivity index is 2.30. The van der Waals surface area contributed by atoms with E-state index < -0.39 is 17.6 Å². The topological polar surface area (TPSA) is 26.0 Å². The third-order valence-electron chi connectivity index (χ3n) is 3.42. The normalized spacial score (nSPS) is 24.2. The van der Waals surface area contributed by atoms with Gasteiger partial charge in [-0.1, -0.05) is 12.1 Å². The molecule has 0 bridgehead atoms. The third kappa shape index (κ3) is 3.15. The van der Waals surface area contributed by atoms with E-state index in [0.29, 0.717) is 25.3 Å². The maximum Gasteiger partial charge on any atom is 0.416 e. The lowest BCUT2D eigenvalue weighted by Gasteiger charge is -2.28. The third-order valence-corrected chi connectivity index (χ3v) is 3.42. The van der Waals surface area contributed by atoms with Gasteiger partial charge < -0.3 is 5.73 Å². The number of hydrogen-bond donors (Lipinski definition) is 1. The van der Waals surface area contributed by atoms with E-state index in [9.17, 15) is 17.6 Å². The standard InChI is InChI=1S/C14H15F4N/c1-13(19)6-4-9(5-7-13)11-3-2-10(8-12(11)15)14(16,17)18/h2-4,8H,5-7,19H2,1H3. The van der Waals surface area contributed by atoms with Gasteiger partial charge in [-0.2, -0.15) is 13.2 Å². The predicted molar refractivity (Wildman–Crippen MR) is 65.8 cm³/mol. The summed E-state index contributed by atoms with van der Waals surface area (Å²) in [6.45, 7) is 1.91. The number of allylic oxidation sites excluding steroid dienone is 1. The molecule has 5 heteroatoms. The van der Waals surface area contributed by atoms with Crippen molar-refractivity contribution in [3.63, 3.8) is 0 Å². The van der Waals surface area contributed by atoms with Crippen LogP contribution in [0.3, 0.4) is 0 Å². The lowest BCUT2D eigenvalue weighted by Crippen LogP contribution is -2.37. The molecule has 0 aromatic heterocycles. The summed E-state index contributed by atoms with van der Waals surface area (Å²) in [5.41, 5.74) is 5.64.